The molecule has 0 spiro atoms. The van der Waals surface area contributed by atoms with Crippen LogP contribution < -0.4 is 16.0 Å². The summed E-state index contributed by atoms with van der Waals surface area (Å²) in [5.41, 5.74) is -0.806. The topological polar surface area (TPSA) is 70.2 Å². The van der Waals surface area contributed by atoms with Gasteiger partial charge in [-0.05, 0) is 39.0 Å². The van der Waals surface area contributed by atoms with Crippen molar-refractivity contribution in [2.75, 3.05) is 25.4 Å². The molecule has 0 aromatic rings. The molecule has 118 valence electrons. The third kappa shape index (κ3) is 9.20. The first-order chi connectivity index (χ1) is 9.44. The number of carbonyl (C=O) groups is 2. The molecule has 0 radical (unpaired) electrons. The van der Waals surface area contributed by atoms with Crippen LogP contribution in [0.15, 0.2) is 0 Å². The van der Waals surface area contributed by atoms with E-state index in [-0.39, 0.29) is 11.8 Å². The molecular weight excluding hydrogens is 274 g/mol. The number of hydrogen-bond acceptors (Lipinski definition) is 4. The van der Waals surface area contributed by atoms with Gasteiger partial charge >= 0.3 is 6.03 Å². The van der Waals surface area contributed by atoms with Gasteiger partial charge in [0.1, 0.15) is 0 Å². The molecule has 0 heterocycles. The number of urea groups is 1. The summed E-state index contributed by atoms with van der Waals surface area (Å²) in [4.78, 5) is 23.3. The van der Waals surface area contributed by atoms with Crippen LogP contribution in [0.1, 0.15) is 46.5 Å². The molecule has 0 aromatic heterocycles. The minimum atomic E-state index is -0.806. The lowest BCUT2D eigenvalue weighted by atomic mass is 9.97. The molecule has 6 heteroatoms. The zero-order valence-corrected chi connectivity index (χ0v) is 13.8. The van der Waals surface area contributed by atoms with Crippen molar-refractivity contribution in [2.24, 2.45) is 0 Å². The van der Waals surface area contributed by atoms with Crippen molar-refractivity contribution >= 4 is 24.4 Å². The average Bonchev–Trinajstić information content (AvgIpc) is 2.40. The highest BCUT2D eigenvalue weighted by atomic mass is 32.1. The average molecular weight is 303 g/mol. The summed E-state index contributed by atoms with van der Waals surface area (Å²) in [5.74, 6) is 0.962. The van der Waals surface area contributed by atoms with E-state index in [4.69, 9.17) is 0 Å². The van der Waals surface area contributed by atoms with Gasteiger partial charge in [-0.15, -0.1) is 0 Å². The molecule has 0 saturated heterocycles. The Kier molecular flexibility index (Phi) is 10.6. The molecule has 2 amide bonds. The van der Waals surface area contributed by atoms with Crippen molar-refractivity contribution in [1.82, 2.24) is 16.0 Å². The van der Waals surface area contributed by atoms with Gasteiger partial charge in [-0.25, -0.2) is 4.79 Å². The van der Waals surface area contributed by atoms with Crippen LogP contribution in [0, 0.1) is 0 Å². The molecule has 5 nitrogen and oxygen atoms in total. The van der Waals surface area contributed by atoms with Crippen molar-refractivity contribution in [3.8, 4) is 0 Å². The monoisotopic (exact) mass is 303 g/mol. The molecule has 0 unspecified atom stereocenters. The SMILES string of the molecule is CCC(=O)C(C)(C)NC(=O)NCCNCCCCCS. The maximum absolute atomic E-state index is 11.6. The number of carbonyl (C=O) groups excluding carboxylic acids is 2. The fourth-order valence-corrected chi connectivity index (χ4v) is 1.99. The standard InChI is InChI=1S/C14H29N3O2S/c1-4-12(18)14(2,3)17-13(19)16-10-9-15-8-6-5-7-11-20/h15,20H,4-11H2,1-3H3,(H2,16,17,19). The van der Waals surface area contributed by atoms with Crippen LogP contribution in [0.25, 0.3) is 0 Å². The van der Waals surface area contributed by atoms with Crippen molar-refractivity contribution in [3.63, 3.8) is 0 Å². The van der Waals surface area contributed by atoms with E-state index < -0.39 is 5.54 Å². The first-order valence-corrected chi connectivity index (χ1v) is 7.98. The summed E-state index contributed by atoms with van der Waals surface area (Å²) < 4.78 is 0. The Morgan fingerprint density at radius 1 is 1.05 bits per heavy atom. The van der Waals surface area contributed by atoms with Crippen LogP contribution in [0.5, 0.6) is 0 Å². The van der Waals surface area contributed by atoms with Gasteiger partial charge in [0, 0.05) is 19.5 Å². The molecular formula is C14H29N3O2S. The Bertz CT molecular complexity index is 296. The molecule has 0 bridgehead atoms. The van der Waals surface area contributed by atoms with Gasteiger partial charge in [0.05, 0.1) is 5.54 Å². The smallest absolute Gasteiger partial charge is 0.315 e. The number of nitrogens with one attached hydrogen (secondary N) is 3. The third-order valence-electron chi connectivity index (χ3n) is 3.04. The first kappa shape index (κ1) is 19.2. The fourth-order valence-electron chi connectivity index (χ4n) is 1.77. The maximum atomic E-state index is 11.6. The second-order valence-electron chi connectivity index (χ2n) is 5.32. The van der Waals surface area contributed by atoms with E-state index in [1.807, 2.05) is 0 Å². The normalized spacial score (nSPS) is 11.2. The third-order valence-corrected chi connectivity index (χ3v) is 3.36. The number of thiol groups is 1. The van der Waals surface area contributed by atoms with Gasteiger partial charge in [-0.2, -0.15) is 12.6 Å². The summed E-state index contributed by atoms with van der Waals surface area (Å²) in [6.45, 7) is 7.47. The zero-order chi connectivity index (χ0) is 15.4. The summed E-state index contributed by atoms with van der Waals surface area (Å²) >= 11 is 4.16. The lowest BCUT2D eigenvalue weighted by Gasteiger charge is -2.24. The van der Waals surface area contributed by atoms with Crippen molar-refractivity contribution in [3.05, 3.63) is 0 Å². The molecule has 0 aromatic carbocycles. The maximum Gasteiger partial charge on any atom is 0.315 e. The predicted octanol–water partition coefficient (Wildman–Crippen LogP) is 1.73. The van der Waals surface area contributed by atoms with E-state index in [2.05, 4.69) is 28.6 Å². The molecule has 0 aliphatic carbocycles. The van der Waals surface area contributed by atoms with Gasteiger partial charge in [0.15, 0.2) is 5.78 Å². The van der Waals surface area contributed by atoms with Crippen molar-refractivity contribution in [2.45, 2.75) is 52.0 Å². The lowest BCUT2D eigenvalue weighted by Crippen LogP contribution is -2.53. The van der Waals surface area contributed by atoms with E-state index >= 15 is 0 Å². The highest BCUT2D eigenvalue weighted by molar-refractivity contribution is 7.80. The lowest BCUT2D eigenvalue weighted by molar-refractivity contribution is -0.123. The van der Waals surface area contributed by atoms with Gasteiger partial charge in [-0.1, -0.05) is 13.3 Å². The summed E-state index contributed by atoms with van der Waals surface area (Å²) in [6, 6.07) is -0.298. The van der Waals surface area contributed by atoms with Gasteiger partial charge in [-0.3, -0.25) is 4.79 Å². The highest BCUT2D eigenvalue weighted by Crippen LogP contribution is 2.05. The molecule has 0 aliphatic heterocycles. The summed E-state index contributed by atoms with van der Waals surface area (Å²) in [5, 5.41) is 8.69. The summed E-state index contributed by atoms with van der Waals surface area (Å²) in [6.07, 6.45) is 3.87. The van der Waals surface area contributed by atoms with Crippen LogP contribution in [0.2, 0.25) is 0 Å². The van der Waals surface area contributed by atoms with Crippen molar-refractivity contribution < 1.29 is 9.59 Å². The minimum Gasteiger partial charge on any atom is -0.337 e. The van der Waals surface area contributed by atoms with Crippen LogP contribution in [0.4, 0.5) is 4.79 Å². The molecule has 0 saturated carbocycles. The van der Waals surface area contributed by atoms with Gasteiger partial charge < -0.3 is 16.0 Å². The van der Waals surface area contributed by atoms with Gasteiger partial charge in [0.2, 0.25) is 0 Å². The first-order valence-electron chi connectivity index (χ1n) is 7.35. The van der Waals surface area contributed by atoms with Crippen molar-refractivity contribution in [1.29, 1.82) is 0 Å². The van der Waals surface area contributed by atoms with E-state index in [1.54, 1.807) is 20.8 Å². The minimum absolute atomic E-state index is 0.0231. The second kappa shape index (κ2) is 11.0. The molecule has 0 rings (SSSR count). The van der Waals surface area contributed by atoms with E-state index in [1.165, 1.54) is 6.42 Å². The summed E-state index contributed by atoms with van der Waals surface area (Å²) in [7, 11) is 0. The molecule has 3 N–H and O–H groups in total. The molecule has 0 atom stereocenters. The molecule has 0 aliphatic rings. The zero-order valence-electron chi connectivity index (χ0n) is 12.9. The predicted molar refractivity (Wildman–Crippen MR) is 86.5 cm³/mol. The van der Waals surface area contributed by atoms with Crippen LogP contribution in [-0.2, 0) is 4.79 Å². The number of ketones is 1. The number of unbranched alkanes of at least 4 members (excludes halogenated alkanes) is 2. The Morgan fingerprint density at radius 3 is 2.35 bits per heavy atom. The Labute approximate surface area is 128 Å². The quantitative estimate of drug-likeness (QED) is 0.347. The van der Waals surface area contributed by atoms with Gasteiger partial charge in [0.25, 0.3) is 0 Å². The van der Waals surface area contributed by atoms with Crippen LogP contribution in [-0.4, -0.2) is 42.7 Å². The number of amides is 2. The van der Waals surface area contributed by atoms with Crippen LogP contribution in [0.3, 0.4) is 0 Å². The number of Topliss-reactive ketones (excluding diaryl/α,β-unsaturated/α-hetero) is 1. The molecule has 20 heavy (non-hydrogen) atoms. The van der Waals surface area contributed by atoms with E-state index in [0.717, 1.165) is 31.7 Å². The Hall–Kier alpha value is -0.750. The largest absolute Gasteiger partial charge is 0.337 e. The van der Waals surface area contributed by atoms with E-state index in [0.29, 0.717) is 13.0 Å². The number of rotatable bonds is 11. The van der Waals surface area contributed by atoms with E-state index in [9.17, 15) is 9.59 Å². The Morgan fingerprint density at radius 2 is 1.75 bits per heavy atom. The van der Waals surface area contributed by atoms with Crippen LogP contribution >= 0.6 is 12.6 Å². The Balaban J connectivity index is 3.61. The highest BCUT2D eigenvalue weighted by Gasteiger charge is 2.27. The fraction of sp³-hybridized carbons (Fsp3) is 0.857. The second-order valence-corrected chi connectivity index (χ2v) is 5.76. The molecule has 0 fully saturated rings. The number of hydrogen-bond donors (Lipinski definition) is 4.